The summed E-state index contributed by atoms with van der Waals surface area (Å²) < 4.78 is 3.53. The molecular formula is C20H36STe. The average Bonchev–Trinajstić information content (AvgIpc) is 2.98. The van der Waals surface area contributed by atoms with Crippen LogP contribution < -0.4 is 0 Å². The average molecular weight is 436 g/mol. The van der Waals surface area contributed by atoms with E-state index in [1.165, 1.54) is 89.2 Å². The molecule has 0 N–H and O–H groups in total. The summed E-state index contributed by atoms with van der Waals surface area (Å²) in [6.45, 7) is 4.59. The van der Waals surface area contributed by atoms with Crippen LogP contribution in [-0.4, -0.2) is 26.2 Å². The first kappa shape index (κ1) is 20.7. The SMILES string of the molecule is CCCCCCCCCCCCSc1ccc(CCCC)[te]1. The zero-order chi connectivity index (χ0) is 15.9. The van der Waals surface area contributed by atoms with E-state index in [9.17, 15) is 0 Å². The third-order valence-corrected chi connectivity index (χ3v) is 9.32. The van der Waals surface area contributed by atoms with Crippen molar-refractivity contribution in [2.24, 2.45) is 0 Å². The standard InChI is InChI=1S/C20H36STe/c1-3-5-7-8-9-10-11-12-13-14-18-21-20-17-16-19(22-20)15-6-4-2/h16-17H,3-15,18H2,1-2H3. The van der Waals surface area contributed by atoms with E-state index in [4.69, 9.17) is 0 Å². The minimum absolute atomic E-state index is 0.0595. The van der Waals surface area contributed by atoms with Gasteiger partial charge in [-0.25, -0.2) is 0 Å². The normalized spacial score (nSPS) is 11.2. The van der Waals surface area contributed by atoms with Crippen LogP contribution in [0.25, 0.3) is 0 Å². The van der Waals surface area contributed by atoms with Crippen molar-refractivity contribution in [3.8, 4) is 0 Å². The summed E-state index contributed by atoms with van der Waals surface area (Å²) in [5.41, 5.74) is 0. The molecule has 1 rings (SSSR count). The molecule has 128 valence electrons. The van der Waals surface area contributed by atoms with Gasteiger partial charge in [-0.15, -0.1) is 0 Å². The van der Waals surface area contributed by atoms with Crippen molar-refractivity contribution in [1.82, 2.24) is 0 Å². The first-order valence-electron chi connectivity index (χ1n) is 9.58. The first-order chi connectivity index (χ1) is 10.9. The summed E-state index contributed by atoms with van der Waals surface area (Å²) in [5.74, 6) is 1.36. The van der Waals surface area contributed by atoms with E-state index < -0.39 is 0 Å². The van der Waals surface area contributed by atoms with Gasteiger partial charge in [-0.2, -0.15) is 0 Å². The van der Waals surface area contributed by atoms with Crippen molar-refractivity contribution in [1.29, 1.82) is 0 Å². The van der Waals surface area contributed by atoms with Gasteiger partial charge in [0.2, 0.25) is 0 Å². The quantitative estimate of drug-likeness (QED) is 0.161. The van der Waals surface area contributed by atoms with Crippen LogP contribution in [0.5, 0.6) is 0 Å². The first-order valence-corrected chi connectivity index (χ1v) is 12.9. The molecule has 22 heavy (non-hydrogen) atoms. The van der Waals surface area contributed by atoms with Crippen molar-refractivity contribution < 1.29 is 0 Å². The fourth-order valence-corrected chi connectivity index (χ4v) is 7.61. The van der Waals surface area contributed by atoms with Gasteiger partial charge in [-0.1, -0.05) is 13.3 Å². The van der Waals surface area contributed by atoms with Gasteiger partial charge in [-0.3, -0.25) is 0 Å². The van der Waals surface area contributed by atoms with Crippen LogP contribution in [-0.2, 0) is 6.42 Å². The molecule has 0 aliphatic heterocycles. The molecule has 0 atom stereocenters. The maximum absolute atomic E-state index is 2.43. The van der Waals surface area contributed by atoms with Crippen LogP contribution in [0, 0.1) is 0 Å². The molecule has 0 fully saturated rings. The molecular weight excluding hydrogens is 400 g/mol. The van der Waals surface area contributed by atoms with Gasteiger partial charge in [0.15, 0.2) is 0 Å². The molecule has 1 aromatic rings. The second-order valence-electron chi connectivity index (χ2n) is 6.35. The van der Waals surface area contributed by atoms with Crippen LogP contribution >= 0.6 is 11.8 Å². The number of unbranched alkanes of at least 4 members (excludes halogenated alkanes) is 10. The van der Waals surface area contributed by atoms with Crippen molar-refractivity contribution >= 4 is 32.2 Å². The van der Waals surface area contributed by atoms with E-state index in [1.807, 2.05) is 0 Å². The van der Waals surface area contributed by atoms with Gasteiger partial charge in [-0.05, 0) is 0 Å². The number of hydrogen-bond donors (Lipinski definition) is 0. The maximum atomic E-state index is 2.43. The molecule has 0 radical (unpaired) electrons. The molecule has 0 aliphatic carbocycles. The van der Waals surface area contributed by atoms with Crippen LogP contribution in [0.1, 0.15) is 94.5 Å². The molecule has 0 unspecified atom stereocenters. The summed E-state index contributed by atoms with van der Waals surface area (Å²) in [7, 11) is 0. The molecule has 0 amide bonds. The zero-order valence-electron chi connectivity index (χ0n) is 14.9. The van der Waals surface area contributed by atoms with Crippen molar-refractivity contribution in [3.63, 3.8) is 0 Å². The molecule has 0 bridgehead atoms. The van der Waals surface area contributed by atoms with E-state index in [1.54, 1.807) is 6.49 Å². The van der Waals surface area contributed by atoms with Crippen LogP contribution in [0.3, 0.4) is 0 Å². The van der Waals surface area contributed by atoms with Gasteiger partial charge in [0.25, 0.3) is 0 Å². The Morgan fingerprint density at radius 3 is 1.95 bits per heavy atom. The summed E-state index contributed by atoms with van der Waals surface area (Å²) >= 11 is 2.22. The molecule has 0 aliphatic rings. The van der Waals surface area contributed by atoms with E-state index in [2.05, 4.69) is 37.7 Å². The third-order valence-electron chi connectivity index (χ3n) is 4.16. The molecule has 1 heterocycles. The summed E-state index contributed by atoms with van der Waals surface area (Å²) in [6, 6.07) is 4.85. The van der Waals surface area contributed by atoms with Crippen molar-refractivity contribution in [2.45, 2.75) is 100 Å². The topological polar surface area (TPSA) is 0 Å². The van der Waals surface area contributed by atoms with Gasteiger partial charge >= 0.3 is 141 Å². The predicted octanol–water partition coefficient (Wildman–Crippen LogP) is 7.10. The molecule has 0 saturated carbocycles. The van der Waals surface area contributed by atoms with E-state index >= 15 is 0 Å². The Hall–Kier alpha value is 0.620. The number of aryl methyl sites for hydroxylation is 1. The molecule has 0 saturated heterocycles. The summed E-state index contributed by atoms with van der Waals surface area (Å²) in [6.07, 6.45) is 18.6. The predicted molar refractivity (Wildman–Crippen MR) is 105 cm³/mol. The van der Waals surface area contributed by atoms with Gasteiger partial charge in [0.05, 0.1) is 0 Å². The minimum atomic E-state index is 0.0595. The molecule has 1 aromatic heterocycles. The van der Waals surface area contributed by atoms with Crippen LogP contribution in [0.4, 0.5) is 0 Å². The van der Waals surface area contributed by atoms with Crippen molar-refractivity contribution in [3.05, 3.63) is 15.7 Å². The second kappa shape index (κ2) is 15.2. The fraction of sp³-hybridized carbons (Fsp3) is 0.800. The molecule has 0 nitrogen and oxygen atoms in total. The van der Waals surface area contributed by atoms with E-state index in [0.29, 0.717) is 0 Å². The molecule has 2 heteroatoms. The third kappa shape index (κ3) is 11.2. The number of hydrogen-bond acceptors (Lipinski definition) is 1. The van der Waals surface area contributed by atoms with Gasteiger partial charge < -0.3 is 0 Å². The number of rotatable bonds is 15. The van der Waals surface area contributed by atoms with Crippen molar-refractivity contribution in [2.75, 3.05) is 5.75 Å². The second-order valence-corrected chi connectivity index (χ2v) is 11.6. The zero-order valence-corrected chi connectivity index (χ0v) is 18.0. The Bertz CT molecular complexity index is 345. The Balaban J connectivity index is 1.88. The molecule has 0 spiro atoms. The Morgan fingerprint density at radius 1 is 0.727 bits per heavy atom. The summed E-state index contributed by atoms with van der Waals surface area (Å²) in [5, 5.41) is 0. The summed E-state index contributed by atoms with van der Waals surface area (Å²) in [4.78, 5) is 0. The monoisotopic (exact) mass is 438 g/mol. The Labute approximate surface area is 153 Å². The Kier molecular flexibility index (Phi) is 14.2. The van der Waals surface area contributed by atoms with E-state index in [-0.39, 0.29) is 20.4 Å². The van der Waals surface area contributed by atoms with Gasteiger partial charge in [0.1, 0.15) is 0 Å². The fourth-order valence-electron chi connectivity index (χ4n) is 2.68. The van der Waals surface area contributed by atoms with Crippen LogP contribution in [0.2, 0.25) is 0 Å². The number of thioether (sulfide) groups is 1. The van der Waals surface area contributed by atoms with Crippen LogP contribution in [0.15, 0.2) is 15.0 Å². The molecule has 0 aromatic carbocycles. The Morgan fingerprint density at radius 2 is 1.32 bits per heavy atom. The van der Waals surface area contributed by atoms with E-state index in [0.717, 1.165) is 0 Å². The van der Waals surface area contributed by atoms with Gasteiger partial charge in [0, 0.05) is 0 Å².